The van der Waals surface area contributed by atoms with E-state index in [-0.39, 0.29) is 23.4 Å². The highest BCUT2D eigenvalue weighted by Crippen LogP contribution is 2.30. The molecule has 0 saturated heterocycles. The van der Waals surface area contributed by atoms with Crippen LogP contribution in [0.1, 0.15) is 5.89 Å². The van der Waals surface area contributed by atoms with E-state index in [1.807, 2.05) is 0 Å². The van der Waals surface area contributed by atoms with E-state index >= 15 is 0 Å². The quantitative estimate of drug-likeness (QED) is 0.812. The molecule has 0 amide bonds. The molecule has 0 atom stereocenters. The van der Waals surface area contributed by atoms with E-state index in [9.17, 15) is 13.2 Å². The van der Waals surface area contributed by atoms with Crippen LogP contribution in [0.4, 0.5) is 13.2 Å². The third-order valence-corrected chi connectivity index (χ3v) is 1.88. The van der Waals surface area contributed by atoms with Gasteiger partial charge in [-0.2, -0.15) is 5.26 Å². The Balaban J connectivity index is 2.46. The fraction of sp³-hybridized carbons (Fsp3) is 0.200. The normalized spacial score (nSPS) is 11.4. The van der Waals surface area contributed by atoms with E-state index in [2.05, 4.69) is 9.72 Å². The highest BCUT2D eigenvalue weighted by molar-refractivity contribution is 5.79. The summed E-state index contributed by atoms with van der Waals surface area (Å²) >= 11 is 0. The molecular weight excluding hydrogens is 237 g/mol. The maximum atomic E-state index is 12.1. The monoisotopic (exact) mass is 242 g/mol. The van der Waals surface area contributed by atoms with Crippen molar-refractivity contribution in [2.45, 2.75) is 12.8 Å². The SMILES string of the molecule is N#CCc1nc2c(OC(F)(F)F)cccc2o1. The summed E-state index contributed by atoms with van der Waals surface area (Å²) < 4.78 is 45.2. The fourth-order valence-corrected chi connectivity index (χ4v) is 1.32. The van der Waals surface area contributed by atoms with E-state index in [0.29, 0.717) is 0 Å². The molecule has 1 aromatic heterocycles. The van der Waals surface area contributed by atoms with Crippen LogP contribution in [0.5, 0.6) is 5.75 Å². The van der Waals surface area contributed by atoms with Crippen LogP contribution in [0.25, 0.3) is 11.1 Å². The van der Waals surface area contributed by atoms with E-state index < -0.39 is 12.1 Å². The third kappa shape index (κ3) is 2.47. The zero-order valence-electron chi connectivity index (χ0n) is 8.28. The van der Waals surface area contributed by atoms with Gasteiger partial charge in [-0.3, -0.25) is 0 Å². The number of ether oxygens (including phenoxy) is 1. The van der Waals surface area contributed by atoms with Crippen molar-refractivity contribution in [1.82, 2.24) is 4.98 Å². The smallest absolute Gasteiger partial charge is 0.439 e. The number of alkyl halides is 3. The van der Waals surface area contributed by atoms with Crippen LogP contribution in [-0.2, 0) is 6.42 Å². The van der Waals surface area contributed by atoms with Crippen molar-refractivity contribution < 1.29 is 22.3 Å². The van der Waals surface area contributed by atoms with Gasteiger partial charge in [-0.25, -0.2) is 4.98 Å². The molecule has 4 nitrogen and oxygen atoms in total. The van der Waals surface area contributed by atoms with Crippen LogP contribution in [0, 0.1) is 11.3 Å². The molecule has 0 aliphatic carbocycles. The maximum absolute atomic E-state index is 12.1. The van der Waals surface area contributed by atoms with Crippen LogP contribution in [0.2, 0.25) is 0 Å². The number of hydrogen-bond acceptors (Lipinski definition) is 4. The van der Waals surface area contributed by atoms with Gasteiger partial charge >= 0.3 is 6.36 Å². The van der Waals surface area contributed by atoms with Crippen molar-refractivity contribution >= 4 is 11.1 Å². The van der Waals surface area contributed by atoms with Crippen LogP contribution >= 0.6 is 0 Å². The number of rotatable bonds is 2. The highest BCUT2D eigenvalue weighted by Gasteiger charge is 2.32. The number of hydrogen-bond donors (Lipinski definition) is 0. The van der Waals surface area contributed by atoms with Crippen molar-refractivity contribution in [2.75, 3.05) is 0 Å². The van der Waals surface area contributed by atoms with Gasteiger partial charge in [0.15, 0.2) is 16.8 Å². The molecule has 88 valence electrons. The van der Waals surface area contributed by atoms with E-state index in [0.717, 1.165) is 6.07 Å². The molecule has 2 aromatic rings. The summed E-state index contributed by atoms with van der Waals surface area (Å²) in [5, 5.41) is 8.44. The first-order valence-corrected chi connectivity index (χ1v) is 4.51. The summed E-state index contributed by atoms with van der Waals surface area (Å²) in [6, 6.07) is 5.73. The summed E-state index contributed by atoms with van der Waals surface area (Å²) in [7, 11) is 0. The predicted molar refractivity (Wildman–Crippen MR) is 50.0 cm³/mol. The van der Waals surface area contributed by atoms with Gasteiger partial charge in [0.25, 0.3) is 0 Å². The minimum absolute atomic E-state index is 0.0462. The lowest BCUT2D eigenvalue weighted by Gasteiger charge is -2.07. The number of fused-ring (bicyclic) bond motifs is 1. The Morgan fingerprint density at radius 1 is 1.41 bits per heavy atom. The molecule has 0 unspecified atom stereocenters. The van der Waals surface area contributed by atoms with E-state index in [1.165, 1.54) is 12.1 Å². The molecule has 1 heterocycles. The zero-order valence-corrected chi connectivity index (χ0v) is 8.28. The lowest BCUT2D eigenvalue weighted by atomic mass is 10.3. The topological polar surface area (TPSA) is 59.0 Å². The van der Waals surface area contributed by atoms with Crippen LogP contribution in [0.3, 0.4) is 0 Å². The Kier molecular flexibility index (Phi) is 2.63. The Morgan fingerprint density at radius 3 is 2.82 bits per heavy atom. The predicted octanol–water partition coefficient (Wildman–Crippen LogP) is 2.79. The van der Waals surface area contributed by atoms with Gasteiger partial charge in [0.1, 0.15) is 6.42 Å². The van der Waals surface area contributed by atoms with Gasteiger partial charge in [0.2, 0.25) is 5.89 Å². The Bertz CT molecular complexity index is 583. The fourth-order valence-electron chi connectivity index (χ4n) is 1.32. The lowest BCUT2D eigenvalue weighted by molar-refractivity contribution is -0.274. The molecule has 0 aliphatic rings. The van der Waals surface area contributed by atoms with Gasteiger partial charge in [0, 0.05) is 0 Å². The van der Waals surface area contributed by atoms with Gasteiger partial charge in [-0.15, -0.1) is 13.2 Å². The number of benzene rings is 1. The summed E-state index contributed by atoms with van der Waals surface area (Å²) in [5.41, 5.74) is 0.104. The molecule has 0 saturated carbocycles. The molecule has 0 radical (unpaired) electrons. The van der Waals surface area contributed by atoms with Crippen molar-refractivity contribution in [3.63, 3.8) is 0 Å². The summed E-state index contributed by atoms with van der Waals surface area (Å²) in [6.45, 7) is 0. The number of halogens is 3. The Hall–Kier alpha value is -2.23. The molecule has 0 spiro atoms. The average Bonchev–Trinajstić information content (AvgIpc) is 2.59. The van der Waals surface area contributed by atoms with Crippen LogP contribution in [-0.4, -0.2) is 11.3 Å². The molecule has 7 heteroatoms. The zero-order chi connectivity index (χ0) is 12.5. The van der Waals surface area contributed by atoms with Crippen molar-refractivity contribution in [3.05, 3.63) is 24.1 Å². The molecule has 0 bridgehead atoms. The van der Waals surface area contributed by atoms with Crippen molar-refractivity contribution in [2.24, 2.45) is 0 Å². The van der Waals surface area contributed by atoms with E-state index in [1.54, 1.807) is 6.07 Å². The largest absolute Gasteiger partial charge is 0.573 e. The molecule has 0 N–H and O–H groups in total. The molecule has 0 aliphatic heterocycles. The van der Waals surface area contributed by atoms with Gasteiger partial charge in [0.05, 0.1) is 6.07 Å². The third-order valence-electron chi connectivity index (χ3n) is 1.88. The molecule has 0 fully saturated rings. The molecule has 1 aromatic carbocycles. The van der Waals surface area contributed by atoms with Gasteiger partial charge < -0.3 is 9.15 Å². The average molecular weight is 242 g/mol. The number of para-hydroxylation sites is 1. The summed E-state index contributed by atoms with van der Waals surface area (Å²) in [6.07, 6.45) is -4.90. The molecular formula is C10H5F3N2O2. The van der Waals surface area contributed by atoms with Gasteiger partial charge in [-0.05, 0) is 12.1 Å². The first-order chi connectivity index (χ1) is 7.99. The Morgan fingerprint density at radius 2 is 2.18 bits per heavy atom. The van der Waals surface area contributed by atoms with Crippen molar-refractivity contribution in [1.29, 1.82) is 5.26 Å². The summed E-state index contributed by atoms with van der Waals surface area (Å²) in [5.74, 6) is -0.385. The Labute approximate surface area is 93.2 Å². The second-order valence-corrected chi connectivity index (χ2v) is 3.09. The lowest BCUT2D eigenvalue weighted by Crippen LogP contribution is -2.17. The number of aromatic nitrogens is 1. The summed E-state index contributed by atoms with van der Waals surface area (Å²) in [4.78, 5) is 3.77. The second kappa shape index (κ2) is 3.97. The standard InChI is InChI=1S/C10H5F3N2O2/c11-10(12,13)17-7-3-1-2-6-9(7)15-8(16-6)4-5-14/h1-3H,4H2. The van der Waals surface area contributed by atoms with E-state index in [4.69, 9.17) is 9.68 Å². The van der Waals surface area contributed by atoms with Crippen molar-refractivity contribution in [3.8, 4) is 11.8 Å². The maximum Gasteiger partial charge on any atom is 0.573 e. The number of nitrogens with zero attached hydrogens (tertiary/aromatic N) is 2. The number of oxazole rings is 1. The second-order valence-electron chi connectivity index (χ2n) is 3.09. The first kappa shape index (κ1) is 11.3. The minimum atomic E-state index is -4.79. The molecule has 17 heavy (non-hydrogen) atoms. The first-order valence-electron chi connectivity index (χ1n) is 4.51. The minimum Gasteiger partial charge on any atom is -0.439 e. The van der Waals surface area contributed by atoms with Gasteiger partial charge in [-0.1, -0.05) is 6.07 Å². The molecule has 2 rings (SSSR count). The highest BCUT2D eigenvalue weighted by atomic mass is 19.4. The van der Waals surface area contributed by atoms with Crippen LogP contribution < -0.4 is 4.74 Å². The van der Waals surface area contributed by atoms with Crippen LogP contribution in [0.15, 0.2) is 22.6 Å². The number of nitriles is 1.